The fourth-order valence-corrected chi connectivity index (χ4v) is 6.17. The predicted molar refractivity (Wildman–Crippen MR) is 176 cm³/mol. The first-order valence-corrected chi connectivity index (χ1v) is 15.5. The Balaban J connectivity index is 1.14. The average molecular weight is 622 g/mol. The predicted octanol–water partition coefficient (Wildman–Crippen LogP) is 6.93. The molecule has 0 spiro atoms. The number of thiazole rings is 1. The summed E-state index contributed by atoms with van der Waals surface area (Å²) in [5.41, 5.74) is 6.70. The lowest BCUT2D eigenvalue weighted by atomic mass is 10.1. The monoisotopic (exact) mass is 621 g/mol. The number of carbonyl (C=O) groups excluding carboxylic acids is 1. The second kappa shape index (κ2) is 12.5. The fraction of sp³-hybridized carbons (Fsp3) is 0.152. The summed E-state index contributed by atoms with van der Waals surface area (Å²) in [4.78, 5) is 30.3. The van der Waals surface area contributed by atoms with Crippen LogP contribution in [-0.4, -0.2) is 51.6 Å². The van der Waals surface area contributed by atoms with E-state index in [9.17, 15) is 4.79 Å². The Morgan fingerprint density at radius 1 is 0.955 bits per heavy atom. The van der Waals surface area contributed by atoms with Crippen LogP contribution < -0.4 is 15.5 Å². The molecule has 0 saturated carbocycles. The molecule has 0 bridgehead atoms. The van der Waals surface area contributed by atoms with E-state index in [1.165, 1.54) is 5.69 Å². The molecule has 4 heterocycles. The molecule has 1 saturated heterocycles. The molecular formula is C33H28ClN7O2S. The molecule has 6 aromatic rings. The number of nitrogens with zero attached hydrogens (tertiary/aromatic N) is 5. The smallest absolute Gasteiger partial charge is 0.228 e. The molecule has 7 rings (SSSR count). The second-order valence-corrected chi connectivity index (χ2v) is 11.6. The summed E-state index contributed by atoms with van der Waals surface area (Å²) in [7, 11) is 0. The number of carbonyl (C=O) groups is 1. The number of anilines is 4. The summed E-state index contributed by atoms with van der Waals surface area (Å²) in [6.45, 7) is 3.27. The lowest BCUT2D eigenvalue weighted by molar-refractivity contribution is -0.115. The number of ether oxygens (including phenoxy) is 1. The van der Waals surface area contributed by atoms with Crippen molar-refractivity contribution in [2.75, 3.05) is 41.8 Å². The number of hydrogen-bond acceptors (Lipinski definition) is 8. The van der Waals surface area contributed by atoms with Crippen LogP contribution in [0.5, 0.6) is 0 Å². The van der Waals surface area contributed by atoms with Crippen molar-refractivity contribution in [2.24, 2.45) is 0 Å². The molecule has 1 aliphatic heterocycles. The van der Waals surface area contributed by atoms with Gasteiger partial charge in [0.25, 0.3) is 0 Å². The van der Waals surface area contributed by atoms with Gasteiger partial charge in [0.2, 0.25) is 11.9 Å². The number of amides is 1. The number of nitrogens with one attached hydrogen (secondary N) is 2. The number of aromatic nitrogens is 4. The van der Waals surface area contributed by atoms with E-state index >= 15 is 0 Å². The Kier molecular flexibility index (Phi) is 7.93. The highest BCUT2D eigenvalue weighted by molar-refractivity contribution is 7.15. The van der Waals surface area contributed by atoms with Crippen LogP contribution in [0.3, 0.4) is 0 Å². The molecule has 0 aliphatic carbocycles. The molecule has 0 radical (unpaired) electrons. The zero-order valence-corrected chi connectivity index (χ0v) is 25.2. The topological polar surface area (TPSA) is 96.7 Å². The molecule has 220 valence electrons. The molecular weight excluding hydrogens is 594 g/mol. The van der Waals surface area contributed by atoms with Crippen molar-refractivity contribution in [3.05, 3.63) is 107 Å². The maximum atomic E-state index is 12.8. The molecule has 44 heavy (non-hydrogen) atoms. The Bertz CT molecular complexity index is 1930. The fourth-order valence-electron chi connectivity index (χ4n) is 5.25. The van der Waals surface area contributed by atoms with E-state index in [1.54, 1.807) is 23.6 Å². The number of rotatable bonds is 8. The van der Waals surface area contributed by atoms with Crippen molar-refractivity contribution in [3.63, 3.8) is 0 Å². The van der Waals surface area contributed by atoms with E-state index in [2.05, 4.69) is 32.7 Å². The van der Waals surface area contributed by atoms with E-state index < -0.39 is 0 Å². The van der Waals surface area contributed by atoms with Gasteiger partial charge in [0.1, 0.15) is 5.69 Å². The van der Waals surface area contributed by atoms with Crippen LogP contribution in [0.4, 0.5) is 23.0 Å². The van der Waals surface area contributed by atoms with Crippen LogP contribution in [0.15, 0.2) is 96.6 Å². The number of morpholine rings is 1. The van der Waals surface area contributed by atoms with Gasteiger partial charge in [-0.1, -0.05) is 41.9 Å². The van der Waals surface area contributed by atoms with Gasteiger partial charge in [-0.3, -0.25) is 9.20 Å². The molecule has 0 unspecified atom stereocenters. The Hall–Kier alpha value is -4.77. The van der Waals surface area contributed by atoms with Crippen molar-refractivity contribution < 1.29 is 9.53 Å². The summed E-state index contributed by atoms with van der Waals surface area (Å²) >= 11 is 7.81. The highest BCUT2D eigenvalue weighted by Gasteiger charge is 2.19. The summed E-state index contributed by atoms with van der Waals surface area (Å²) in [5, 5.41) is 8.91. The second-order valence-electron chi connectivity index (χ2n) is 10.3. The zero-order valence-electron chi connectivity index (χ0n) is 23.6. The van der Waals surface area contributed by atoms with Crippen molar-refractivity contribution in [1.82, 2.24) is 19.4 Å². The van der Waals surface area contributed by atoms with Crippen LogP contribution >= 0.6 is 22.9 Å². The van der Waals surface area contributed by atoms with Gasteiger partial charge in [-0.05, 0) is 54.1 Å². The van der Waals surface area contributed by atoms with E-state index in [-0.39, 0.29) is 12.3 Å². The van der Waals surface area contributed by atoms with Gasteiger partial charge in [-0.15, -0.1) is 11.3 Å². The highest BCUT2D eigenvalue weighted by atomic mass is 35.5. The maximum Gasteiger partial charge on any atom is 0.228 e. The van der Waals surface area contributed by atoms with Gasteiger partial charge < -0.3 is 20.3 Å². The van der Waals surface area contributed by atoms with E-state index in [0.717, 1.165) is 65.2 Å². The third-order valence-corrected chi connectivity index (χ3v) is 8.51. The first-order chi connectivity index (χ1) is 21.6. The van der Waals surface area contributed by atoms with Crippen molar-refractivity contribution in [3.8, 4) is 22.6 Å². The Morgan fingerprint density at radius 2 is 1.80 bits per heavy atom. The Labute approximate surface area is 263 Å². The van der Waals surface area contributed by atoms with Gasteiger partial charge in [0.15, 0.2) is 4.96 Å². The van der Waals surface area contributed by atoms with Crippen molar-refractivity contribution in [1.29, 1.82) is 0 Å². The third-order valence-electron chi connectivity index (χ3n) is 7.39. The first kappa shape index (κ1) is 28.0. The maximum absolute atomic E-state index is 12.8. The van der Waals surface area contributed by atoms with Crippen LogP contribution in [-0.2, 0) is 16.0 Å². The van der Waals surface area contributed by atoms with Crippen LogP contribution in [0.2, 0.25) is 5.02 Å². The van der Waals surface area contributed by atoms with Gasteiger partial charge in [0.05, 0.1) is 31.0 Å². The molecule has 3 aromatic carbocycles. The van der Waals surface area contributed by atoms with Crippen LogP contribution in [0, 0.1) is 0 Å². The lowest BCUT2D eigenvalue weighted by Crippen LogP contribution is -2.36. The van der Waals surface area contributed by atoms with Gasteiger partial charge in [-0.25, -0.2) is 15.0 Å². The number of imidazole rings is 1. The molecule has 9 nitrogen and oxygen atoms in total. The molecule has 1 amide bonds. The number of hydrogen-bond donors (Lipinski definition) is 2. The van der Waals surface area contributed by atoms with Gasteiger partial charge in [-0.2, -0.15) is 0 Å². The molecule has 11 heteroatoms. The average Bonchev–Trinajstić information content (AvgIpc) is 3.65. The van der Waals surface area contributed by atoms with Crippen LogP contribution in [0.25, 0.3) is 27.6 Å². The third kappa shape index (κ3) is 6.00. The molecule has 2 N–H and O–H groups in total. The van der Waals surface area contributed by atoms with Gasteiger partial charge in [0, 0.05) is 58.5 Å². The quantitative estimate of drug-likeness (QED) is 0.190. The SMILES string of the molecule is O=C(Cc1ccccc1Cl)Nc1cccc(-c2nc3sccn3c2-c2ccnc(Nc3ccc(N4CCOCC4)cc3)n2)c1. The van der Waals surface area contributed by atoms with E-state index in [4.69, 9.17) is 26.3 Å². The number of halogens is 1. The summed E-state index contributed by atoms with van der Waals surface area (Å²) < 4.78 is 7.51. The zero-order chi connectivity index (χ0) is 29.9. The van der Waals surface area contributed by atoms with E-state index in [1.807, 2.05) is 76.6 Å². The van der Waals surface area contributed by atoms with Crippen molar-refractivity contribution >= 4 is 56.8 Å². The molecule has 1 aliphatic rings. The summed E-state index contributed by atoms with van der Waals surface area (Å²) in [6.07, 6.45) is 3.91. The minimum Gasteiger partial charge on any atom is -0.378 e. The minimum absolute atomic E-state index is 0.147. The summed E-state index contributed by atoms with van der Waals surface area (Å²) in [6, 6.07) is 25.2. The normalized spacial score (nSPS) is 13.2. The summed E-state index contributed by atoms with van der Waals surface area (Å²) in [5.74, 6) is 0.337. The highest BCUT2D eigenvalue weighted by Crippen LogP contribution is 2.35. The largest absolute Gasteiger partial charge is 0.378 e. The number of benzene rings is 3. The molecule has 3 aromatic heterocycles. The standard InChI is InChI=1S/C33H28ClN7O2S/c34-27-7-2-1-4-22(27)21-29(42)36-25-6-3-5-23(20-25)30-31(41-16-19-44-33(41)39-30)28-12-13-35-32(38-28)37-24-8-10-26(11-9-24)40-14-17-43-18-15-40/h1-13,16,19-20H,14-15,17-18,21H2,(H,36,42)(H,35,37,38). The molecule has 0 atom stereocenters. The minimum atomic E-state index is -0.147. The number of fused-ring (bicyclic) bond motifs is 1. The van der Waals surface area contributed by atoms with Gasteiger partial charge >= 0.3 is 0 Å². The lowest BCUT2D eigenvalue weighted by Gasteiger charge is -2.28. The van der Waals surface area contributed by atoms with E-state index in [0.29, 0.717) is 16.7 Å². The Morgan fingerprint density at radius 3 is 2.64 bits per heavy atom. The van der Waals surface area contributed by atoms with Crippen LogP contribution in [0.1, 0.15) is 5.56 Å². The van der Waals surface area contributed by atoms with Crippen molar-refractivity contribution in [2.45, 2.75) is 6.42 Å². The first-order valence-electron chi connectivity index (χ1n) is 14.2. The molecule has 1 fully saturated rings.